The highest BCUT2D eigenvalue weighted by atomic mass is 16.6. The second-order valence-corrected chi connectivity index (χ2v) is 16.3. The average molecular weight is 737 g/mol. The molecule has 282 valence electrons. The smallest absolute Gasteiger partial charge is 0.336 e. The molecule has 5 unspecified atom stereocenters. The van der Waals surface area contributed by atoms with Crippen LogP contribution < -0.4 is 10.4 Å². The summed E-state index contributed by atoms with van der Waals surface area (Å²) in [6.07, 6.45) is 2.87. The summed E-state index contributed by atoms with van der Waals surface area (Å²) in [5.41, 5.74) is 6.64. The summed E-state index contributed by atoms with van der Waals surface area (Å²) >= 11 is 0. The summed E-state index contributed by atoms with van der Waals surface area (Å²) in [4.78, 5) is 41.2. The number of fused-ring (bicyclic) bond motifs is 11. The summed E-state index contributed by atoms with van der Waals surface area (Å²) in [5.74, 6) is -0.0201. The minimum atomic E-state index is -1.09. The van der Waals surface area contributed by atoms with Crippen LogP contribution in [0.2, 0.25) is 0 Å². The molecule has 5 aromatic rings. The van der Waals surface area contributed by atoms with Crippen molar-refractivity contribution < 1.29 is 28.2 Å². The Morgan fingerprint density at radius 2 is 1.53 bits per heavy atom. The first-order valence-electron chi connectivity index (χ1n) is 19.6. The molecule has 4 heterocycles. The number of hydrogen-bond acceptors (Lipinski definition) is 7. The zero-order valence-corrected chi connectivity index (χ0v) is 32.0. The molecule has 5 atom stereocenters. The molecule has 0 N–H and O–H groups in total. The molecule has 4 aliphatic rings. The van der Waals surface area contributed by atoms with Crippen molar-refractivity contribution in [3.05, 3.63) is 158 Å². The molecule has 2 bridgehead atoms. The van der Waals surface area contributed by atoms with E-state index >= 15 is 0 Å². The van der Waals surface area contributed by atoms with Crippen molar-refractivity contribution in [2.24, 2.45) is 5.92 Å². The van der Waals surface area contributed by atoms with Crippen LogP contribution in [-0.2, 0) is 31.9 Å². The molecule has 4 aromatic carbocycles. The maximum Gasteiger partial charge on any atom is 0.336 e. The fraction of sp³-hybridized carbons (Fsp3) is 0.354. The molecule has 9 rings (SSSR count). The second-order valence-electron chi connectivity index (χ2n) is 16.3. The van der Waals surface area contributed by atoms with Gasteiger partial charge in [-0.1, -0.05) is 84.4 Å². The van der Waals surface area contributed by atoms with Crippen LogP contribution in [0, 0.1) is 5.92 Å². The van der Waals surface area contributed by atoms with E-state index in [2.05, 4.69) is 72.8 Å². The Morgan fingerprint density at radius 3 is 2.31 bits per heavy atom. The van der Waals surface area contributed by atoms with Gasteiger partial charge in [0.25, 0.3) is 0 Å². The fourth-order valence-electron chi connectivity index (χ4n) is 9.04. The topological polar surface area (TPSA) is 92.0 Å². The third kappa shape index (κ3) is 7.62. The van der Waals surface area contributed by atoms with E-state index in [1.165, 1.54) is 28.3 Å². The molecule has 3 aliphatic heterocycles. The summed E-state index contributed by atoms with van der Waals surface area (Å²) in [6, 6.07) is 34.8. The van der Waals surface area contributed by atoms with Gasteiger partial charge >= 0.3 is 17.6 Å². The Kier molecular flexibility index (Phi) is 9.97. The van der Waals surface area contributed by atoms with Crippen molar-refractivity contribution in [1.82, 2.24) is 0 Å². The van der Waals surface area contributed by atoms with E-state index in [-0.39, 0.29) is 29.8 Å². The van der Waals surface area contributed by atoms with Crippen molar-refractivity contribution in [2.75, 3.05) is 0 Å². The Labute approximate surface area is 322 Å². The van der Waals surface area contributed by atoms with Gasteiger partial charge in [-0.3, -0.25) is 4.79 Å². The first-order valence-corrected chi connectivity index (χ1v) is 19.6. The SMILES string of the molecule is CC(C)=C1CCc2ccc(cc2)C2CCC(c3cccc(Cc4ccccc4)c3)CC2CC(=O)OC2c3c(ccc4ccc(=O)oc34)OC(C)(C)C2OC1=O. The first kappa shape index (κ1) is 36.5. The van der Waals surface area contributed by atoms with Gasteiger partial charge in [0.2, 0.25) is 0 Å². The van der Waals surface area contributed by atoms with Crippen LogP contribution in [0.15, 0.2) is 123 Å². The molecular weight excluding hydrogens is 689 g/mol. The number of ether oxygens (including phenoxy) is 3. The maximum absolute atomic E-state index is 14.5. The maximum atomic E-state index is 14.5. The van der Waals surface area contributed by atoms with Gasteiger partial charge < -0.3 is 18.6 Å². The van der Waals surface area contributed by atoms with Crippen LogP contribution in [0.1, 0.15) is 111 Å². The zero-order chi connectivity index (χ0) is 38.3. The quantitative estimate of drug-likeness (QED) is 0.103. The molecule has 1 saturated carbocycles. The molecule has 1 aliphatic carbocycles. The second kappa shape index (κ2) is 15.0. The van der Waals surface area contributed by atoms with Gasteiger partial charge in [-0.2, -0.15) is 0 Å². The van der Waals surface area contributed by atoms with Crippen molar-refractivity contribution >= 4 is 22.9 Å². The Balaban J connectivity index is 1.18. The largest absolute Gasteiger partial charge is 0.483 e. The zero-order valence-electron chi connectivity index (χ0n) is 32.0. The Hall–Kier alpha value is -5.43. The van der Waals surface area contributed by atoms with Crippen molar-refractivity contribution in [3.63, 3.8) is 0 Å². The number of allylic oxidation sites excluding steroid dienone is 1. The fourth-order valence-corrected chi connectivity index (χ4v) is 9.04. The summed E-state index contributed by atoms with van der Waals surface area (Å²) in [7, 11) is 0. The number of carbonyl (C=O) groups is 2. The number of hydrogen-bond donors (Lipinski definition) is 0. The Bertz CT molecular complexity index is 2310. The monoisotopic (exact) mass is 736 g/mol. The van der Waals surface area contributed by atoms with E-state index in [1.807, 2.05) is 39.8 Å². The highest BCUT2D eigenvalue weighted by molar-refractivity contribution is 5.90. The van der Waals surface area contributed by atoms with E-state index in [0.29, 0.717) is 35.1 Å². The number of rotatable bonds is 3. The van der Waals surface area contributed by atoms with E-state index in [1.54, 1.807) is 12.1 Å². The van der Waals surface area contributed by atoms with Gasteiger partial charge in [0.05, 0.1) is 5.56 Å². The van der Waals surface area contributed by atoms with Crippen LogP contribution in [0.4, 0.5) is 0 Å². The Morgan fingerprint density at radius 1 is 0.764 bits per heavy atom. The third-order valence-electron chi connectivity index (χ3n) is 11.9. The van der Waals surface area contributed by atoms with Crippen LogP contribution in [0.3, 0.4) is 0 Å². The van der Waals surface area contributed by atoms with Crippen molar-refractivity contribution in [2.45, 2.75) is 102 Å². The summed E-state index contributed by atoms with van der Waals surface area (Å²) in [5, 5.41) is 0.646. The molecule has 0 amide bonds. The molecule has 0 spiro atoms. The lowest BCUT2D eigenvalue weighted by atomic mass is 9.68. The lowest BCUT2D eigenvalue weighted by Crippen LogP contribution is -2.52. The van der Waals surface area contributed by atoms with Gasteiger partial charge in [0.1, 0.15) is 16.9 Å². The van der Waals surface area contributed by atoms with Crippen LogP contribution in [0.5, 0.6) is 5.75 Å². The normalized spacial score (nSPS) is 23.8. The number of aryl methyl sites for hydroxylation is 1. The molecule has 1 aromatic heterocycles. The number of carbonyl (C=O) groups excluding carboxylic acids is 2. The van der Waals surface area contributed by atoms with E-state index in [9.17, 15) is 14.4 Å². The predicted molar refractivity (Wildman–Crippen MR) is 212 cm³/mol. The molecule has 7 nitrogen and oxygen atoms in total. The predicted octanol–water partition coefficient (Wildman–Crippen LogP) is 10.1. The molecule has 0 radical (unpaired) electrons. The van der Waals surface area contributed by atoms with Crippen LogP contribution in [0.25, 0.3) is 11.0 Å². The molecule has 0 saturated heterocycles. The summed E-state index contributed by atoms with van der Waals surface area (Å²) in [6.45, 7) is 7.47. The lowest BCUT2D eigenvalue weighted by Gasteiger charge is -2.43. The highest BCUT2D eigenvalue weighted by Crippen LogP contribution is 2.49. The lowest BCUT2D eigenvalue weighted by molar-refractivity contribution is -0.188. The van der Waals surface area contributed by atoms with Gasteiger partial charge in [0.15, 0.2) is 12.2 Å². The molecule has 7 heteroatoms. The van der Waals surface area contributed by atoms with Gasteiger partial charge in [-0.15, -0.1) is 0 Å². The van der Waals surface area contributed by atoms with Crippen LogP contribution in [-0.4, -0.2) is 23.6 Å². The van der Waals surface area contributed by atoms with Crippen molar-refractivity contribution in [3.8, 4) is 5.75 Å². The number of esters is 2. The molecule has 1 fully saturated rings. The van der Waals surface area contributed by atoms with Gasteiger partial charge in [0, 0.05) is 23.4 Å². The van der Waals surface area contributed by atoms with Gasteiger partial charge in [-0.25, -0.2) is 9.59 Å². The molecular formula is C48H48O7. The molecule has 55 heavy (non-hydrogen) atoms. The third-order valence-corrected chi connectivity index (χ3v) is 11.9. The van der Waals surface area contributed by atoms with Crippen LogP contribution >= 0.6 is 0 Å². The van der Waals surface area contributed by atoms with E-state index < -0.39 is 35.4 Å². The minimum Gasteiger partial charge on any atom is -0.483 e. The number of benzene rings is 4. The first-order chi connectivity index (χ1) is 26.5. The minimum absolute atomic E-state index is 0.00108. The van der Waals surface area contributed by atoms with E-state index in [4.69, 9.17) is 18.6 Å². The highest BCUT2D eigenvalue weighted by Gasteiger charge is 2.50. The van der Waals surface area contributed by atoms with E-state index in [0.717, 1.165) is 36.8 Å². The van der Waals surface area contributed by atoms with Gasteiger partial charge in [-0.05, 0) is 130 Å². The average Bonchev–Trinajstić information content (AvgIpc) is 3.16. The van der Waals surface area contributed by atoms with Crippen molar-refractivity contribution in [1.29, 1.82) is 0 Å². The standard InChI is InChI=1S/C48H48O7/c1-29(2)38-21-15-30-13-16-33(17-14-30)39-22-18-36(35-12-8-11-32(26-35)25-31-9-6-5-7-10-31)27-37(39)28-42(50)53-45-43-40(55-48(3,4)46(45)54-47(38)51)23-19-34-20-24-41(49)52-44(34)43/h5-14,16-17,19-20,23-24,26,36-37,39,45-46H,15,18,21-22,25,27-28H2,1-4H3. The summed E-state index contributed by atoms with van der Waals surface area (Å²) < 4.78 is 25.2.